The first-order valence-corrected chi connectivity index (χ1v) is 7.45. The molecule has 1 saturated heterocycles. The molecule has 0 spiro atoms. The van der Waals surface area contributed by atoms with E-state index in [2.05, 4.69) is 41.2 Å². The zero-order valence-electron chi connectivity index (χ0n) is 13.5. The monoisotopic (exact) mass is 290 g/mol. The molecule has 0 radical (unpaired) electrons. The smallest absolute Gasteiger partial charge is 0.241 e. The van der Waals surface area contributed by atoms with Gasteiger partial charge in [0.1, 0.15) is 0 Å². The van der Waals surface area contributed by atoms with Crippen molar-refractivity contribution in [1.82, 2.24) is 9.80 Å². The van der Waals surface area contributed by atoms with Crippen LogP contribution in [0.5, 0.6) is 0 Å². The summed E-state index contributed by atoms with van der Waals surface area (Å²) >= 11 is 0. The Labute approximate surface area is 127 Å². The van der Waals surface area contributed by atoms with Crippen molar-refractivity contribution in [1.29, 1.82) is 0 Å². The lowest BCUT2D eigenvalue weighted by atomic mass is 10.1. The second kappa shape index (κ2) is 6.80. The fourth-order valence-corrected chi connectivity index (χ4v) is 2.55. The van der Waals surface area contributed by atoms with Crippen LogP contribution in [-0.2, 0) is 4.79 Å². The van der Waals surface area contributed by atoms with E-state index < -0.39 is 0 Å². The summed E-state index contributed by atoms with van der Waals surface area (Å²) in [6.07, 6.45) is 0. The zero-order chi connectivity index (χ0) is 15.4. The summed E-state index contributed by atoms with van der Waals surface area (Å²) in [5, 5.41) is 3.24. The predicted octanol–water partition coefficient (Wildman–Crippen LogP) is 1.25. The van der Waals surface area contributed by atoms with Gasteiger partial charge in [-0.05, 0) is 31.7 Å². The number of likely N-dealkylation sites (N-methyl/N-ethyl adjacent to an activating group) is 1. The van der Waals surface area contributed by atoms with Crippen LogP contribution < -0.4 is 10.2 Å². The number of rotatable bonds is 4. The molecule has 1 aromatic carbocycles. The number of nitrogens with zero attached hydrogens (tertiary/aromatic N) is 3. The van der Waals surface area contributed by atoms with Crippen LogP contribution in [0.3, 0.4) is 0 Å². The van der Waals surface area contributed by atoms with Gasteiger partial charge in [-0.2, -0.15) is 0 Å². The van der Waals surface area contributed by atoms with Gasteiger partial charge in [0, 0.05) is 51.6 Å². The Hall–Kier alpha value is -1.75. The van der Waals surface area contributed by atoms with Crippen molar-refractivity contribution in [3.8, 4) is 0 Å². The SMILES string of the molecule is Cc1ccc(NCC(=O)N2CCN(C)CC2)cc1N(C)C. The molecular weight excluding hydrogens is 264 g/mol. The molecule has 1 aliphatic rings. The number of hydrogen-bond acceptors (Lipinski definition) is 4. The van der Waals surface area contributed by atoms with E-state index in [0.29, 0.717) is 6.54 Å². The lowest BCUT2D eigenvalue weighted by molar-refractivity contribution is -0.130. The number of carbonyl (C=O) groups excluding carboxylic acids is 1. The number of hydrogen-bond donors (Lipinski definition) is 1. The van der Waals surface area contributed by atoms with E-state index in [4.69, 9.17) is 0 Å². The third-order valence-electron chi connectivity index (χ3n) is 3.99. The molecule has 1 fully saturated rings. The average Bonchev–Trinajstić information content (AvgIpc) is 2.46. The normalized spacial score (nSPS) is 15.9. The molecule has 1 aromatic rings. The molecule has 5 heteroatoms. The van der Waals surface area contributed by atoms with E-state index in [9.17, 15) is 4.79 Å². The van der Waals surface area contributed by atoms with Gasteiger partial charge in [-0.1, -0.05) is 6.07 Å². The molecular formula is C16H26N4O. The van der Waals surface area contributed by atoms with Crippen LogP contribution in [0.1, 0.15) is 5.56 Å². The molecule has 0 aromatic heterocycles. The van der Waals surface area contributed by atoms with Gasteiger partial charge < -0.3 is 20.0 Å². The summed E-state index contributed by atoms with van der Waals surface area (Å²) in [7, 11) is 6.15. The average molecular weight is 290 g/mol. The number of piperazine rings is 1. The number of anilines is 2. The Balaban J connectivity index is 1.91. The summed E-state index contributed by atoms with van der Waals surface area (Å²) in [5.74, 6) is 0.176. The highest BCUT2D eigenvalue weighted by atomic mass is 16.2. The maximum absolute atomic E-state index is 12.2. The molecule has 0 unspecified atom stereocenters. The largest absolute Gasteiger partial charge is 0.377 e. The summed E-state index contributed by atoms with van der Waals surface area (Å²) in [4.78, 5) is 18.5. The van der Waals surface area contributed by atoms with Crippen molar-refractivity contribution >= 4 is 17.3 Å². The fourth-order valence-electron chi connectivity index (χ4n) is 2.55. The maximum Gasteiger partial charge on any atom is 0.241 e. The third-order valence-corrected chi connectivity index (χ3v) is 3.99. The highest BCUT2D eigenvalue weighted by molar-refractivity contribution is 5.81. The van der Waals surface area contributed by atoms with Crippen LogP contribution in [-0.4, -0.2) is 69.6 Å². The van der Waals surface area contributed by atoms with E-state index in [1.165, 1.54) is 11.3 Å². The standard InChI is InChI=1S/C16H26N4O/c1-13-5-6-14(11-15(13)18(2)3)17-12-16(21)20-9-7-19(4)8-10-20/h5-6,11,17H,7-10,12H2,1-4H3. The van der Waals surface area contributed by atoms with Gasteiger partial charge in [0.25, 0.3) is 0 Å². The van der Waals surface area contributed by atoms with Crippen LogP contribution in [0.2, 0.25) is 0 Å². The minimum absolute atomic E-state index is 0.176. The highest BCUT2D eigenvalue weighted by Crippen LogP contribution is 2.22. The van der Waals surface area contributed by atoms with Gasteiger partial charge >= 0.3 is 0 Å². The van der Waals surface area contributed by atoms with Gasteiger partial charge in [-0.25, -0.2) is 0 Å². The molecule has 1 heterocycles. The first kappa shape index (κ1) is 15.6. The van der Waals surface area contributed by atoms with Crippen LogP contribution in [0.4, 0.5) is 11.4 Å². The first-order valence-electron chi connectivity index (χ1n) is 7.45. The summed E-state index contributed by atoms with van der Waals surface area (Å²) in [5.41, 5.74) is 3.40. The molecule has 1 aliphatic heterocycles. The number of carbonyl (C=O) groups is 1. The third kappa shape index (κ3) is 4.11. The molecule has 21 heavy (non-hydrogen) atoms. The minimum Gasteiger partial charge on any atom is -0.377 e. The topological polar surface area (TPSA) is 38.8 Å². The van der Waals surface area contributed by atoms with E-state index in [0.717, 1.165) is 31.9 Å². The molecule has 116 valence electrons. The Morgan fingerprint density at radius 2 is 1.90 bits per heavy atom. The number of amides is 1. The Morgan fingerprint density at radius 1 is 1.24 bits per heavy atom. The first-order chi connectivity index (χ1) is 9.97. The van der Waals surface area contributed by atoms with Crippen LogP contribution in [0.25, 0.3) is 0 Å². The van der Waals surface area contributed by atoms with Crippen LogP contribution in [0.15, 0.2) is 18.2 Å². The maximum atomic E-state index is 12.2. The molecule has 0 saturated carbocycles. The molecule has 2 rings (SSSR count). The summed E-state index contributed by atoms with van der Waals surface area (Å²) in [6, 6.07) is 6.20. The van der Waals surface area contributed by atoms with Gasteiger partial charge in [-0.3, -0.25) is 4.79 Å². The van der Waals surface area contributed by atoms with E-state index in [1.807, 2.05) is 25.1 Å². The second-order valence-electron chi connectivity index (χ2n) is 5.93. The van der Waals surface area contributed by atoms with Crippen molar-refractivity contribution in [2.24, 2.45) is 0 Å². The predicted molar refractivity (Wildman–Crippen MR) is 88.1 cm³/mol. The molecule has 1 N–H and O–H groups in total. The van der Waals surface area contributed by atoms with Crippen LogP contribution in [0, 0.1) is 6.92 Å². The molecule has 0 aliphatic carbocycles. The van der Waals surface area contributed by atoms with Crippen molar-refractivity contribution < 1.29 is 4.79 Å². The molecule has 1 amide bonds. The van der Waals surface area contributed by atoms with Crippen molar-refractivity contribution in [2.45, 2.75) is 6.92 Å². The fraction of sp³-hybridized carbons (Fsp3) is 0.562. The van der Waals surface area contributed by atoms with Gasteiger partial charge in [0.2, 0.25) is 5.91 Å². The van der Waals surface area contributed by atoms with Crippen molar-refractivity contribution in [3.63, 3.8) is 0 Å². The zero-order valence-corrected chi connectivity index (χ0v) is 13.5. The van der Waals surface area contributed by atoms with Crippen molar-refractivity contribution in [3.05, 3.63) is 23.8 Å². The minimum atomic E-state index is 0.176. The second-order valence-corrected chi connectivity index (χ2v) is 5.93. The molecule has 0 atom stereocenters. The lowest BCUT2D eigenvalue weighted by Crippen LogP contribution is -2.48. The number of nitrogens with one attached hydrogen (secondary N) is 1. The molecule has 0 bridgehead atoms. The quantitative estimate of drug-likeness (QED) is 0.906. The lowest BCUT2D eigenvalue weighted by Gasteiger charge is -2.32. The van der Waals surface area contributed by atoms with Gasteiger partial charge in [0.05, 0.1) is 6.54 Å². The van der Waals surface area contributed by atoms with E-state index in [-0.39, 0.29) is 5.91 Å². The summed E-state index contributed by atoms with van der Waals surface area (Å²) in [6.45, 7) is 6.03. The highest BCUT2D eigenvalue weighted by Gasteiger charge is 2.18. The van der Waals surface area contributed by atoms with Crippen LogP contribution >= 0.6 is 0 Å². The Kier molecular flexibility index (Phi) is 5.07. The summed E-state index contributed by atoms with van der Waals surface area (Å²) < 4.78 is 0. The number of aryl methyl sites for hydroxylation is 1. The Bertz CT molecular complexity index is 493. The molecule has 5 nitrogen and oxygen atoms in total. The van der Waals surface area contributed by atoms with Crippen molar-refractivity contribution in [2.75, 3.05) is 64.1 Å². The van der Waals surface area contributed by atoms with Gasteiger partial charge in [-0.15, -0.1) is 0 Å². The van der Waals surface area contributed by atoms with E-state index in [1.54, 1.807) is 0 Å². The number of benzene rings is 1. The Morgan fingerprint density at radius 3 is 2.52 bits per heavy atom. The van der Waals surface area contributed by atoms with Gasteiger partial charge in [0.15, 0.2) is 0 Å². The van der Waals surface area contributed by atoms with E-state index >= 15 is 0 Å².